The third-order valence-electron chi connectivity index (χ3n) is 3.90. The molecule has 0 radical (unpaired) electrons. The minimum absolute atomic E-state index is 0.0219. The van der Waals surface area contributed by atoms with Crippen LogP contribution in [-0.4, -0.2) is 37.0 Å². The fourth-order valence-corrected chi connectivity index (χ4v) is 3.03. The van der Waals surface area contributed by atoms with Crippen LogP contribution < -0.4 is 4.90 Å². The first-order valence-corrected chi connectivity index (χ1v) is 8.05. The molecule has 120 valence electrons. The van der Waals surface area contributed by atoms with Gasteiger partial charge in [-0.25, -0.2) is 4.39 Å². The van der Waals surface area contributed by atoms with E-state index in [1.807, 2.05) is 24.3 Å². The van der Waals surface area contributed by atoms with Gasteiger partial charge >= 0.3 is 0 Å². The third kappa shape index (κ3) is 3.59. The molecule has 1 aliphatic heterocycles. The molecule has 0 unspecified atom stereocenters. The van der Waals surface area contributed by atoms with Crippen molar-refractivity contribution in [2.24, 2.45) is 0 Å². The third-order valence-corrected chi connectivity index (χ3v) is 4.37. The van der Waals surface area contributed by atoms with Gasteiger partial charge in [0.15, 0.2) is 0 Å². The monoisotopic (exact) mass is 352 g/mol. The number of carbonyl (C=O) groups is 1. The van der Waals surface area contributed by atoms with Crippen molar-refractivity contribution >= 4 is 34.8 Å². The molecule has 0 atom stereocenters. The van der Waals surface area contributed by atoms with Gasteiger partial charge in [0.05, 0.1) is 5.56 Å². The molecule has 0 saturated carbocycles. The second-order valence-electron chi connectivity index (χ2n) is 5.38. The summed E-state index contributed by atoms with van der Waals surface area (Å²) in [5.41, 5.74) is 1.05. The maximum Gasteiger partial charge on any atom is 0.257 e. The van der Waals surface area contributed by atoms with Crippen LogP contribution in [0, 0.1) is 5.82 Å². The molecular formula is C17H15Cl2FN2O. The lowest BCUT2D eigenvalue weighted by molar-refractivity contribution is 0.0742. The van der Waals surface area contributed by atoms with E-state index in [0.717, 1.165) is 5.69 Å². The summed E-state index contributed by atoms with van der Waals surface area (Å²) in [4.78, 5) is 16.3. The number of hydrogen-bond donors (Lipinski definition) is 0. The van der Waals surface area contributed by atoms with Crippen LogP contribution in [0.15, 0.2) is 42.5 Å². The number of halogens is 3. The van der Waals surface area contributed by atoms with Crippen molar-refractivity contribution < 1.29 is 9.18 Å². The first-order valence-electron chi connectivity index (χ1n) is 7.29. The number of hydrogen-bond acceptors (Lipinski definition) is 2. The van der Waals surface area contributed by atoms with Crippen molar-refractivity contribution in [2.45, 2.75) is 0 Å². The molecule has 2 aromatic rings. The van der Waals surface area contributed by atoms with E-state index in [1.54, 1.807) is 4.90 Å². The van der Waals surface area contributed by atoms with Crippen molar-refractivity contribution in [2.75, 3.05) is 31.1 Å². The second-order valence-corrected chi connectivity index (χ2v) is 6.26. The highest BCUT2D eigenvalue weighted by Gasteiger charge is 2.24. The van der Waals surface area contributed by atoms with E-state index in [1.165, 1.54) is 18.2 Å². The number of anilines is 1. The predicted molar refractivity (Wildman–Crippen MR) is 91.0 cm³/mol. The lowest BCUT2D eigenvalue weighted by atomic mass is 10.1. The second kappa shape index (κ2) is 6.77. The molecule has 1 saturated heterocycles. The lowest BCUT2D eigenvalue weighted by Crippen LogP contribution is -2.49. The van der Waals surface area contributed by atoms with E-state index in [4.69, 9.17) is 23.2 Å². The van der Waals surface area contributed by atoms with Crippen LogP contribution in [0.5, 0.6) is 0 Å². The Balaban J connectivity index is 1.69. The maximum absolute atomic E-state index is 13.8. The van der Waals surface area contributed by atoms with E-state index in [2.05, 4.69) is 4.90 Å². The van der Waals surface area contributed by atoms with Crippen molar-refractivity contribution in [3.05, 3.63) is 63.9 Å². The Labute approximate surface area is 144 Å². The lowest BCUT2D eigenvalue weighted by Gasteiger charge is -2.36. The quantitative estimate of drug-likeness (QED) is 0.812. The van der Waals surface area contributed by atoms with Gasteiger partial charge in [0.1, 0.15) is 5.82 Å². The molecule has 3 nitrogen and oxygen atoms in total. The Morgan fingerprint density at radius 1 is 0.957 bits per heavy atom. The van der Waals surface area contributed by atoms with Crippen LogP contribution in [0.4, 0.5) is 10.1 Å². The van der Waals surface area contributed by atoms with Crippen LogP contribution in [-0.2, 0) is 0 Å². The molecule has 23 heavy (non-hydrogen) atoms. The van der Waals surface area contributed by atoms with Gasteiger partial charge in [0.2, 0.25) is 0 Å². The van der Waals surface area contributed by atoms with Crippen molar-refractivity contribution in [3.8, 4) is 0 Å². The number of nitrogens with zero attached hydrogens (tertiary/aromatic N) is 2. The molecule has 1 amide bonds. The van der Waals surface area contributed by atoms with Crippen LogP contribution in [0.2, 0.25) is 10.0 Å². The SMILES string of the molecule is O=C(c1cc(Cl)ccc1F)N1CCN(c2cccc(Cl)c2)CC1. The average molecular weight is 353 g/mol. The van der Waals surface area contributed by atoms with Gasteiger partial charge in [0, 0.05) is 41.9 Å². The Kier molecular flexibility index (Phi) is 4.74. The van der Waals surface area contributed by atoms with Crippen LogP contribution in [0.1, 0.15) is 10.4 Å². The van der Waals surface area contributed by atoms with Crippen LogP contribution in [0.3, 0.4) is 0 Å². The summed E-state index contributed by atoms with van der Waals surface area (Å²) in [6.07, 6.45) is 0. The van der Waals surface area contributed by atoms with Gasteiger partial charge in [-0.2, -0.15) is 0 Å². The molecule has 1 fully saturated rings. The van der Waals surface area contributed by atoms with E-state index >= 15 is 0 Å². The molecular weight excluding hydrogens is 338 g/mol. The van der Waals surface area contributed by atoms with E-state index < -0.39 is 5.82 Å². The molecule has 3 rings (SSSR count). The first kappa shape index (κ1) is 16.1. The molecule has 0 aromatic heterocycles. The molecule has 0 N–H and O–H groups in total. The Morgan fingerprint density at radius 3 is 2.35 bits per heavy atom. The number of piperazine rings is 1. The van der Waals surface area contributed by atoms with Crippen molar-refractivity contribution in [1.29, 1.82) is 0 Å². The summed E-state index contributed by atoms with van der Waals surface area (Å²) in [5.74, 6) is -0.868. The summed E-state index contributed by atoms with van der Waals surface area (Å²) >= 11 is 11.9. The zero-order valence-corrected chi connectivity index (χ0v) is 13.8. The summed E-state index contributed by atoms with van der Waals surface area (Å²) in [7, 11) is 0. The standard InChI is InChI=1S/C17H15Cl2FN2O/c18-12-2-1-3-14(10-12)21-6-8-22(9-7-21)17(23)15-11-13(19)4-5-16(15)20/h1-5,10-11H,6-9H2. The Morgan fingerprint density at radius 2 is 1.65 bits per heavy atom. The normalized spacial score (nSPS) is 14.9. The van der Waals surface area contributed by atoms with Crippen LogP contribution >= 0.6 is 23.2 Å². The minimum atomic E-state index is -0.545. The van der Waals surface area contributed by atoms with Gasteiger partial charge in [-0.3, -0.25) is 4.79 Å². The fourth-order valence-electron chi connectivity index (χ4n) is 2.67. The topological polar surface area (TPSA) is 23.6 Å². The van der Waals surface area contributed by atoms with E-state index in [0.29, 0.717) is 36.2 Å². The van der Waals surface area contributed by atoms with Gasteiger partial charge in [0.25, 0.3) is 5.91 Å². The smallest absolute Gasteiger partial charge is 0.257 e. The summed E-state index contributed by atoms with van der Waals surface area (Å²) in [6.45, 7) is 2.40. The molecule has 1 aliphatic rings. The van der Waals surface area contributed by atoms with Crippen molar-refractivity contribution in [1.82, 2.24) is 4.90 Å². The number of carbonyl (C=O) groups excluding carboxylic acids is 1. The minimum Gasteiger partial charge on any atom is -0.368 e. The number of amides is 1. The zero-order chi connectivity index (χ0) is 16.4. The summed E-state index contributed by atoms with van der Waals surface area (Å²) in [6, 6.07) is 11.6. The molecule has 0 bridgehead atoms. The predicted octanol–water partition coefficient (Wildman–Crippen LogP) is 4.09. The zero-order valence-electron chi connectivity index (χ0n) is 12.3. The van der Waals surface area contributed by atoms with Crippen molar-refractivity contribution in [3.63, 3.8) is 0 Å². The largest absolute Gasteiger partial charge is 0.368 e. The van der Waals surface area contributed by atoms with E-state index in [-0.39, 0.29) is 11.5 Å². The first-order chi connectivity index (χ1) is 11.0. The van der Waals surface area contributed by atoms with E-state index in [9.17, 15) is 9.18 Å². The van der Waals surface area contributed by atoms with Gasteiger partial charge in [-0.05, 0) is 36.4 Å². The molecule has 0 spiro atoms. The highest BCUT2D eigenvalue weighted by atomic mass is 35.5. The average Bonchev–Trinajstić information content (AvgIpc) is 2.56. The molecule has 0 aliphatic carbocycles. The number of benzene rings is 2. The Bertz CT molecular complexity index is 730. The number of rotatable bonds is 2. The Hall–Kier alpha value is -1.78. The van der Waals surface area contributed by atoms with Crippen LogP contribution in [0.25, 0.3) is 0 Å². The van der Waals surface area contributed by atoms with Gasteiger partial charge in [-0.1, -0.05) is 29.3 Å². The van der Waals surface area contributed by atoms with Gasteiger partial charge < -0.3 is 9.80 Å². The molecule has 2 aromatic carbocycles. The van der Waals surface area contributed by atoms with Gasteiger partial charge in [-0.15, -0.1) is 0 Å². The molecule has 6 heteroatoms. The molecule has 1 heterocycles. The highest BCUT2D eigenvalue weighted by Crippen LogP contribution is 2.22. The fraction of sp³-hybridized carbons (Fsp3) is 0.235. The maximum atomic E-state index is 13.8. The summed E-state index contributed by atoms with van der Waals surface area (Å²) < 4.78 is 13.8. The summed E-state index contributed by atoms with van der Waals surface area (Å²) in [5, 5.41) is 1.04. The highest BCUT2D eigenvalue weighted by molar-refractivity contribution is 6.31.